The summed E-state index contributed by atoms with van der Waals surface area (Å²) >= 11 is 0. The number of carbonyl (C=O) groups excluding carboxylic acids is 1. The average molecular weight is 354 g/mol. The highest BCUT2D eigenvalue weighted by Gasteiger charge is 2.18. The summed E-state index contributed by atoms with van der Waals surface area (Å²) in [6.07, 6.45) is 0. The fraction of sp³-hybridized carbons (Fsp3) is 0.263. The molecular weight excluding hydrogens is 332 g/mol. The molecule has 1 amide bonds. The maximum Gasteiger partial charge on any atom is 0.221 e. The molecule has 2 aromatic carbocycles. The number of nitrogens with one attached hydrogen (secondary N) is 2. The number of rotatable bonds is 5. The van der Waals surface area contributed by atoms with Crippen LogP contribution in [0.5, 0.6) is 0 Å². The molecule has 26 heavy (non-hydrogen) atoms. The lowest BCUT2D eigenvalue weighted by molar-refractivity contribution is -0.114. The molecule has 3 rings (SSSR count). The molecule has 0 spiro atoms. The summed E-state index contributed by atoms with van der Waals surface area (Å²) in [6, 6.07) is 8.71. The molecule has 4 N–H and O–H groups in total. The van der Waals surface area contributed by atoms with Crippen molar-refractivity contribution in [1.82, 2.24) is 4.90 Å². The van der Waals surface area contributed by atoms with Crippen LogP contribution in [-0.4, -0.2) is 38.0 Å². The van der Waals surface area contributed by atoms with Gasteiger partial charge in [-0.1, -0.05) is 12.1 Å². The lowest BCUT2D eigenvalue weighted by Crippen LogP contribution is -2.21. The maximum atomic E-state index is 13.0. The Morgan fingerprint density at radius 1 is 1.23 bits per heavy atom. The first-order valence-corrected chi connectivity index (χ1v) is 8.32. The fourth-order valence-corrected chi connectivity index (χ4v) is 2.84. The number of carbonyl (C=O) groups is 1. The molecular formula is C19H22N4O3. The third kappa shape index (κ3) is 3.34. The molecule has 0 unspecified atom stereocenters. The SMILES string of the molecule is CC(=O)Nc1cc(NCCN(C)C)c2c(=O)c3ccccc3oc2c1N. The van der Waals surface area contributed by atoms with Crippen LogP contribution in [0.1, 0.15) is 6.92 Å². The molecule has 0 saturated heterocycles. The second kappa shape index (κ2) is 7.05. The van der Waals surface area contributed by atoms with E-state index in [1.165, 1.54) is 6.92 Å². The van der Waals surface area contributed by atoms with Gasteiger partial charge in [0.2, 0.25) is 11.3 Å². The van der Waals surface area contributed by atoms with Crippen LogP contribution in [0.15, 0.2) is 39.5 Å². The molecule has 136 valence electrons. The standard InChI is InChI=1S/C19H22N4O3/c1-11(24)22-14-10-13(21-8-9-23(2)3)16-18(25)12-6-4-5-7-15(12)26-19(16)17(14)20/h4-7,10,21H,8-9,20H2,1-3H3,(H,22,24). The molecule has 0 saturated carbocycles. The molecule has 0 fully saturated rings. The van der Waals surface area contributed by atoms with Gasteiger partial charge in [-0.3, -0.25) is 9.59 Å². The molecule has 0 bridgehead atoms. The Morgan fingerprint density at radius 3 is 2.65 bits per heavy atom. The zero-order valence-electron chi connectivity index (χ0n) is 15.1. The van der Waals surface area contributed by atoms with E-state index in [2.05, 4.69) is 10.6 Å². The van der Waals surface area contributed by atoms with E-state index in [1.54, 1.807) is 30.3 Å². The summed E-state index contributed by atoms with van der Waals surface area (Å²) in [5.74, 6) is -0.251. The van der Waals surface area contributed by atoms with Crippen LogP contribution < -0.4 is 21.8 Å². The summed E-state index contributed by atoms with van der Waals surface area (Å²) < 4.78 is 5.92. The number of amides is 1. The summed E-state index contributed by atoms with van der Waals surface area (Å²) in [7, 11) is 3.93. The zero-order chi connectivity index (χ0) is 18.8. The Morgan fingerprint density at radius 2 is 1.96 bits per heavy atom. The Kier molecular flexibility index (Phi) is 4.81. The van der Waals surface area contributed by atoms with Gasteiger partial charge in [0.15, 0.2) is 5.58 Å². The van der Waals surface area contributed by atoms with Gasteiger partial charge in [-0.15, -0.1) is 0 Å². The number of anilines is 3. The molecule has 3 aromatic rings. The van der Waals surface area contributed by atoms with Crippen LogP contribution in [0.2, 0.25) is 0 Å². The van der Waals surface area contributed by atoms with E-state index < -0.39 is 0 Å². The second-order valence-corrected chi connectivity index (χ2v) is 6.43. The highest BCUT2D eigenvalue weighted by atomic mass is 16.3. The maximum absolute atomic E-state index is 13.0. The molecule has 1 heterocycles. The third-order valence-corrected chi connectivity index (χ3v) is 4.08. The summed E-state index contributed by atoms with van der Waals surface area (Å²) in [4.78, 5) is 26.6. The van der Waals surface area contributed by atoms with Gasteiger partial charge in [0.25, 0.3) is 0 Å². The number of likely N-dealkylation sites (N-methyl/N-ethyl adjacent to an activating group) is 1. The van der Waals surface area contributed by atoms with Gasteiger partial charge in [0.1, 0.15) is 5.58 Å². The van der Waals surface area contributed by atoms with Gasteiger partial charge >= 0.3 is 0 Å². The van der Waals surface area contributed by atoms with Crippen molar-refractivity contribution >= 4 is 44.9 Å². The smallest absolute Gasteiger partial charge is 0.221 e. The second-order valence-electron chi connectivity index (χ2n) is 6.43. The van der Waals surface area contributed by atoms with Crippen LogP contribution in [0.25, 0.3) is 21.9 Å². The Labute approximate surface area is 150 Å². The molecule has 0 aliphatic heterocycles. The number of hydrogen-bond donors (Lipinski definition) is 3. The van der Waals surface area contributed by atoms with Crippen molar-refractivity contribution in [2.24, 2.45) is 0 Å². The first kappa shape index (κ1) is 17.8. The van der Waals surface area contributed by atoms with E-state index in [1.807, 2.05) is 19.0 Å². The van der Waals surface area contributed by atoms with E-state index in [4.69, 9.17) is 10.2 Å². The van der Waals surface area contributed by atoms with Crippen LogP contribution in [-0.2, 0) is 4.79 Å². The van der Waals surface area contributed by atoms with Crippen LogP contribution in [0, 0.1) is 0 Å². The Balaban J connectivity index is 2.27. The summed E-state index contributed by atoms with van der Waals surface area (Å²) in [6.45, 7) is 2.80. The highest BCUT2D eigenvalue weighted by Crippen LogP contribution is 2.35. The lowest BCUT2D eigenvalue weighted by Gasteiger charge is -2.16. The number of benzene rings is 2. The van der Waals surface area contributed by atoms with E-state index in [0.29, 0.717) is 34.3 Å². The van der Waals surface area contributed by atoms with Crippen molar-refractivity contribution in [2.45, 2.75) is 6.92 Å². The quantitative estimate of drug-likeness (QED) is 0.481. The monoisotopic (exact) mass is 354 g/mol. The van der Waals surface area contributed by atoms with Crippen LogP contribution >= 0.6 is 0 Å². The first-order valence-electron chi connectivity index (χ1n) is 8.32. The number of hydrogen-bond acceptors (Lipinski definition) is 6. The minimum atomic E-state index is -0.251. The molecule has 0 radical (unpaired) electrons. The van der Waals surface area contributed by atoms with Crippen LogP contribution in [0.3, 0.4) is 0 Å². The molecule has 0 aliphatic carbocycles. The van der Waals surface area contributed by atoms with Gasteiger partial charge < -0.3 is 25.7 Å². The predicted molar refractivity (Wildman–Crippen MR) is 106 cm³/mol. The summed E-state index contributed by atoms with van der Waals surface area (Å²) in [5, 5.41) is 6.82. The highest BCUT2D eigenvalue weighted by molar-refractivity contribution is 6.08. The van der Waals surface area contributed by atoms with E-state index in [-0.39, 0.29) is 22.6 Å². The van der Waals surface area contributed by atoms with Crippen molar-refractivity contribution in [1.29, 1.82) is 0 Å². The minimum absolute atomic E-state index is 0.157. The third-order valence-electron chi connectivity index (χ3n) is 4.08. The van der Waals surface area contributed by atoms with Gasteiger partial charge in [-0.05, 0) is 32.3 Å². The average Bonchev–Trinajstić information content (AvgIpc) is 2.58. The molecule has 0 atom stereocenters. The van der Waals surface area contributed by atoms with Gasteiger partial charge in [-0.2, -0.15) is 0 Å². The van der Waals surface area contributed by atoms with Crippen molar-refractivity contribution in [3.05, 3.63) is 40.6 Å². The number of nitrogen functional groups attached to an aromatic ring is 1. The van der Waals surface area contributed by atoms with Gasteiger partial charge in [-0.25, -0.2) is 0 Å². The predicted octanol–water partition coefficient (Wildman–Crippen LogP) is 2.46. The zero-order valence-corrected chi connectivity index (χ0v) is 15.1. The first-order chi connectivity index (χ1) is 12.4. The minimum Gasteiger partial charge on any atom is -0.453 e. The van der Waals surface area contributed by atoms with E-state index >= 15 is 0 Å². The molecule has 7 nitrogen and oxygen atoms in total. The number of nitrogens with zero attached hydrogens (tertiary/aromatic N) is 1. The molecule has 1 aromatic heterocycles. The lowest BCUT2D eigenvalue weighted by atomic mass is 10.1. The van der Waals surface area contributed by atoms with E-state index in [0.717, 1.165) is 6.54 Å². The van der Waals surface area contributed by atoms with Gasteiger partial charge in [0.05, 0.1) is 27.8 Å². The summed E-state index contributed by atoms with van der Waals surface area (Å²) in [5.41, 5.74) is 7.99. The van der Waals surface area contributed by atoms with Gasteiger partial charge in [0, 0.05) is 20.0 Å². The van der Waals surface area contributed by atoms with Crippen LogP contribution in [0.4, 0.5) is 17.1 Å². The van der Waals surface area contributed by atoms with E-state index in [9.17, 15) is 9.59 Å². The molecule has 0 aliphatic rings. The van der Waals surface area contributed by atoms with Crippen molar-refractivity contribution < 1.29 is 9.21 Å². The van der Waals surface area contributed by atoms with Crippen molar-refractivity contribution in [3.63, 3.8) is 0 Å². The van der Waals surface area contributed by atoms with Crippen molar-refractivity contribution in [3.8, 4) is 0 Å². The largest absolute Gasteiger partial charge is 0.453 e. The normalized spacial score (nSPS) is 11.2. The fourth-order valence-electron chi connectivity index (χ4n) is 2.84. The number of nitrogens with two attached hydrogens (primary N) is 1. The number of fused-ring (bicyclic) bond motifs is 2. The van der Waals surface area contributed by atoms with Crippen molar-refractivity contribution in [2.75, 3.05) is 43.6 Å². The molecule has 7 heteroatoms. The topological polar surface area (TPSA) is 101 Å². The number of para-hydroxylation sites is 1. The Bertz CT molecular complexity index is 1040. The Hall–Kier alpha value is -3.06.